The number of nitrogen functional groups attached to an aromatic ring is 2. The number of hydrazine groups is 1. The van der Waals surface area contributed by atoms with E-state index in [1.807, 2.05) is 5.43 Å². The highest BCUT2D eigenvalue weighted by atomic mass is 32.2. The summed E-state index contributed by atoms with van der Waals surface area (Å²) in [7, 11) is 0. The summed E-state index contributed by atoms with van der Waals surface area (Å²) < 4.78 is 4.99. The van der Waals surface area contributed by atoms with Gasteiger partial charge < -0.3 is 10.3 Å². The third kappa shape index (κ3) is 2.79. The monoisotopic (exact) mass is 265 g/mol. The Morgan fingerprint density at radius 2 is 2.39 bits per heavy atom. The van der Waals surface area contributed by atoms with Crippen LogP contribution < -0.4 is 17.0 Å². The van der Waals surface area contributed by atoms with E-state index in [1.165, 1.54) is 17.8 Å². The maximum absolute atomic E-state index is 11.2. The topological polar surface area (TPSA) is 120 Å². The van der Waals surface area contributed by atoms with E-state index in [4.69, 9.17) is 16.1 Å². The number of carbonyl (C=O) groups excluding carboxylic acids is 1. The van der Waals surface area contributed by atoms with E-state index in [0.29, 0.717) is 22.2 Å². The molecule has 0 spiro atoms. The molecule has 94 valence electrons. The summed E-state index contributed by atoms with van der Waals surface area (Å²) >= 11 is 1.40. The van der Waals surface area contributed by atoms with Crippen molar-refractivity contribution in [3.8, 4) is 0 Å². The zero-order valence-electron chi connectivity index (χ0n) is 9.29. The molecule has 2 aromatic rings. The number of aromatic nitrogens is 2. The summed E-state index contributed by atoms with van der Waals surface area (Å²) in [5.74, 6) is 5.52. The average molecular weight is 265 g/mol. The molecule has 0 fully saturated rings. The normalized spacial score (nSPS) is 10.3. The Morgan fingerprint density at radius 3 is 3.11 bits per heavy atom. The minimum atomic E-state index is -0.493. The summed E-state index contributed by atoms with van der Waals surface area (Å²) in [6.07, 6.45) is 1.66. The van der Waals surface area contributed by atoms with Gasteiger partial charge in [0.25, 0.3) is 5.91 Å². The minimum Gasteiger partial charge on any atom is -0.397 e. The van der Waals surface area contributed by atoms with E-state index < -0.39 is 5.91 Å². The van der Waals surface area contributed by atoms with E-state index in [1.54, 1.807) is 18.3 Å². The van der Waals surface area contributed by atoms with Crippen molar-refractivity contribution < 1.29 is 9.32 Å². The predicted octanol–water partition coefficient (Wildman–Crippen LogP) is 0.548. The Hall–Kier alpha value is -2.06. The summed E-state index contributed by atoms with van der Waals surface area (Å²) in [6, 6.07) is 5.05. The molecule has 0 aromatic carbocycles. The summed E-state index contributed by atoms with van der Waals surface area (Å²) in [5.41, 5.74) is 8.47. The Kier molecular flexibility index (Phi) is 3.80. The molecule has 2 heterocycles. The van der Waals surface area contributed by atoms with E-state index in [9.17, 15) is 4.79 Å². The fraction of sp³-hybridized carbons (Fsp3) is 0.100. The van der Waals surface area contributed by atoms with Gasteiger partial charge in [-0.05, 0) is 12.1 Å². The molecule has 0 bridgehead atoms. The van der Waals surface area contributed by atoms with Crippen LogP contribution in [0.1, 0.15) is 16.2 Å². The zero-order chi connectivity index (χ0) is 13.0. The third-order valence-corrected chi connectivity index (χ3v) is 3.12. The molecule has 0 aliphatic carbocycles. The van der Waals surface area contributed by atoms with Crippen LogP contribution in [0.4, 0.5) is 5.69 Å². The first kappa shape index (κ1) is 12.4. The van der Waals surface area contributed by atoms with E-state index in [-0.39, 0.29) is 5.69 Å². The van der Waals surface area contributed by atoms with Crippen LogP contribution in [0.25, 0.3) is 0 Å². The number of nitrogens with two attached hydrogens (primary N) is 2. The van der Waals surface area contributed by atoms with Gasteiger partial charge in [0.2, 0.25) is 0 Å². The van der Waals surface area contributed by atoms with Gasteiger partial charge in [-0.2, -0.15) is 0 Å². The van der Waals surface area contributed by atoms with Gasteiger partial charge in [-0.3, -0.25) is 10.2 Å². The fourth-order valence-corrected chi connectivity index (χ4v) is 2.01. The molecule has 5 N–H and O–H groups in total. The van der Waals surface area contributed by atoms with Gasteiger partial charge in [-0.15, -0.1) is 0 Å². The molecule has 0 radical (unpaired) electrons. The van der Waals surface area contributed by atoms with Crippen molar-refractivity contribution in [1.82, 2.24) is 15.6 Å². The van der Waals surface area contributed by atoms with Crippen LogP contribution in [0.15, 0.2) is 33.9 Å². The maximum Gasteiger partial charge on any atom is 0.287 e. The van der Waals surface area contributed by atoms with E-state index in [2.05, 4.69) is 10.1 Å². The van der Waals surface area contributed by atoms with Crippen molar-refractivity contribution in [3.63, 3.8) is 0 Å². The second-order valence-electron chi connectivity index (χ2n) is 3.34. The second-order valence-corrected chi connectivity index (χ2v) is 4.30. The van der Waals surface area contributed by atoms with E-state index >= 15 is 0 Å². The quantitative estimate of drug-likeness (QED) is 0.319. The van der Waals surface area contributed by atoms with Gasteiger partial charge in [0.15, 0.2) is 5.69 Å². The lowest BCUT2D eigenvalue weighted by Crippen LogP contribution is -2.30. The van der Waals surface area contributed by atoms with Crippen LogP contribution in [-0.4, -0.2) is 16.0 Å². The smallest absolute Gasteiger partial charge is 0.287 e. The van der Waals surface area contributed by atoms with Crippen molar-refractivity contribution in [2.75, 3.05) is 5.73 Å². The van der Waals surface area contributed by atoms with Crippen molar-refractivity contribution in [2.45, 2.75) is 10.8 Å². The van der Waals surface area contributed by atoms with Crippen LogP contribution in [0.3, 0.4) is 0 Å². The molecular formula is C10H11N5O2S. The zero-order valence-corrected chi connectivity index (χ0v) is 10.1. The molecule has 0 aliphatic rings. The van der Waals surface area contributed by atoms with Crippen LogP contribution >= 0.6 is 11.8 Å². The number of pyridine rings is 1. The summed E-state index contributed by atoms with van der Waals surface area (Å²) in [5, 5.41) is 4.30. The molecule has 0 saturated heterocycles. The van der Waals surface area contributed by atoms with Gasteiger partial charge in [0.1, 0.15) is 10.8 Å². The first-order chi connectivity index (χ1) is 8.70. The number of amides is 1. The third-order valence-electron chi connectivity index (χ3n) is 2.07. The van der Waals surface area contributed by atoms with Crippen LogP contribution in [-0.2, 0) is 5.75 Å². The molecule has 2 rings (SSSR count). The lowest BCUT2D eigenvalue weighted by molar-refractivity contribution is 0.0944. The number of nitrogens with zero attached hydrogens (tertiary/aromatic N) is 2. The van der Waals surface area contributed by atoms with Crippen LogP contribution in [0.5, 0.6) is 0 Å². The highest BCUT2D eigenvalue weighted by Crippen LogP contribution is 2.25. The molecule has 0 unspecified atom stereocenters. The summed E-state index contributed by atoms with van der Waals surface area (Å²) in [4.78, 5) is 15.3. The average Bonchev–Trinajstić information content (AvgIpc) is 2.86. The molecule has 1 amide bonds. The number of rotatable bonds is 4. The Balaban J connectivity index is 2.01. The molecule has 0 aliphatic heterocycles. The minimum absolute atomic E-state index is 0.141. The van der Waals surface area contributed by atoms with E-state index in [0.717, 1.165) is 0 Å². The molecule has 7 nitrogen and oxygen atoms in total. The standard InChI is InChI=1S/C10H11N5O2S/c11-7-2-1-3-13-10(7)18-5-6-4-8(15-17-6)9(16)14-12/h1-4H,5,11-12H2,(H,14,16). The number of carbonyl (C=O) groups is 1. The van der Waals surface area contributed by atoms with Gasteiger partial charge in [0, 0.05) is 12.3 Å². The van der Waals surface area contributed by atoms with Gasteiger partial charge in [-0.25, -0.2) is 10.8 Å². The Bertz CT molecular complexity index is 557. The molecular weight excluding hydrogens is 254 g/mol. The molecule has 0 atom stereocenters. The fourth-order valence-electron chi connectivity index (χ4n) is 1.23. The number of nitrogens with one attached hydrogen (secondary N) is 1. The molecule has 18 heavy (non-hydrogen) atoms. The molecule has 2 aromatic heterocycles. The number of thioether (sulfide) groups is 1. The largest absolute Gasteiger partial charge is 0.397 e. The van der Waals surface area contributed by atoms with Crippen molar-refractivity contribution in [3.05, 3.63) is 35.9 Å². The number of hydrogen-bond acceptors (Lipinski definition) is 7. The highest BCUT2D eigenvalue weighted by molar-refractivity contribution is 7.98. The lowest BCUT2D eigenvalue weighted by atomic mass is 10.4. The van der Waals surface area contributed by atoms with Crippen molar-refractivity contribution >= 4 is 23.4 Å². The first-order valence-electron chi connectivity index (χ1n) is 5.00. The lowest BCUT2D eigenvalue weighted by Gasteiger charge is -2.00. The Labute approximate surface area is 107 Å². The van der Waals surface area contributed by atoms with Gasteiger partial charge in [0.05, 0.1) is 11.4 Å². The van der Waals surface area contributed by atoms with Crippen molar-refractivity contribution in [1.29, 1.82) is 0 Å². The van der Waals surface area contributed by atoms with Crippen molar-refractivity contribution in [2.24, 2.45) is 5.84 Å². The van der Waals surface area contributed by atoms with Gasteiger partial charge >= 0.3 is 0 Å². The predicted molar refractivity (Wildman–Crippen MR) is 66.4 cm³/mol. The molecule has 0 saturated carbocycles. The first-order valence-corrected chi connectivity index (χ1v) is 5.99. The van der Waals surface area contributed by atoms with Crippen LogP contribution in [0.2, 0.25) is 0 Å². The van der Waals surface area contributed by atoms with Crippen LogP contribution in [0, 0.1) is 0 Å². The Morgan fingerprint density at radius 1 is 1.56 bits per heavy atom. The maximum atomic E-state index is 11.2. The highest BCUT2D eigenvalue weighted by Gasteiger charge is 2.11. The second kappa shape index (κ2) is 5.52. The SMILES string of the molecule is NNC(=O)c1cc(CSc2ncccc2N)on1. The van der Waals surface area contributed by atoms with Gasteiger partial charge in [-0.1, -0.05) is 16.9 Å². The number of anilines is 1. The molecule has 8 heteroatoms. The summed E-state index contributed by atoms with van der Waals surface area (Å²) in [6.45, 7) is 0. The number of hydrogen-bond donors (Lipinski definition) is 3.